The molecule has 2 amide bonds. The molecule has 0 saturated carbocycles. The van der Waals surface area contributed by atoms with E-state index in [1.54, 1.807) is 0 Å². The van der Waals surface area contributed by atoms with E-state index in [2.05, 4.69) is 5.92 Å². The minimum Gasteiger partial charge on any atom is -0.268 e. The van der Waals surface area contributed by atoms with Crippen molar-refractivity contribution in [3.8, 4) is 12.3 Å². The maximum atomic E-state index is 12.4. The van der Waals surface area contributed by atoms with Crippen molar-refractivity contribution in [2.45, 2.75) is 6.18 Å². The van der Waals surface area contributed by atoms with Crippen LogP contribution in [-0.4, -0.2) is 22.6 Å². The molecule has 1 fully saturated rings. The van der Waals surface area contributed by atoms with Gasteiger partial charge in [-0.15, -0.1) is 6.42 Å². The summed E-state index contributed by atoms with van der Waals surface area (Å²) in [7, 11) is 0. The van der Waals surface area contributed by atoms with Gasteiger partial charge >= 0.3 is 6.18 Å². The lowest BCUT2D eigenvalue weighted by atomic mass is 10.1. The highest BCUT2D eigenvalue weighted by Gasteiger charge is 2.34. The van der Waals surface area contributed by atoms with Crippen molar-refractivity contribution in [1.82, 2.24) is 4.90 Å². The molecule has 3 nitrogen and oxygen atoms in total. The zero-order valence-electron chi connectivity index (χ0n) is 10.5. The number of benzene rings is 1. The van der Waals surface area contributed by atoms with Crippen molar-refractivity contribution in [1.29, 1.82) is 0 Å². The fourth-order valence-corrected chi connectivity index (χ4v) is 2.49. The first-order valence-electron chi connectivity index (χ1n) is 5.69. The second-order valence-corrected chi connectivity index (χ2v) is 5.08. The van der Waals surface area contributed by atoms with Gasteiger partial charge in [0.05, 0.1) is 17.0 Å². The molecule has 0 radical (unpaired) electrons. The molecular weight excluding hydrogens is 303 g/mol. The molecule has 0 bridgehead atoms. The summed E-state index contributed by atoms with van der Waals surface area (Å²) in [6.07, 6.45) is 2.01. The third kappa shape index (κ3) is 3.28. The quantitative estimate of drug-likeness (QED) is 0.621. The third-order valence-corrected chi connectivity index (χ3v) is 3.57. The average molecular weight is 311 g/mol. The lowest BCUT2D eigenvalue weighted by Crippen LogP contribution is -2.28. The molecule has 108 valence electrons. The first-order valence-corrected chi connectivity index (χ1v) is 6.50. The molecule has 0 unspecified atom stereocenters. The zero-order chi connectivity index (χ0) is 15.6. The molecule has 0 spiro atoms. The lowest BCUT2D eigenvalue weighted by molar-refractivity contribution is -0.137. The lowest BCUT2D eigenvalue weighted by Gasteiger charge is -2.07. The molecule has 7 heteroatoms. The Morgan fingerprint density at radius 3 is 2.38 bits per heavy atom. The smallest absolute Gasteiger partial charge is 0.268 e. The largest absolute Gasteiger partial charge is 0.416 e. The monoisotopic (exact) mass is 311 g/mol. The van der Waals surface area contributed by atoms with Crippen LogP contribution >= 0.6 is 11.8 Å². The Kier molecular flexibility index (Phi) is 4.09. The number of alkyl halides is 3. The van der Waals surface area contributed by atoms with Crippen LogP contribution in [0.2, 0.25) is 0 Å². The van der Waals surface area contributed by atoms with Crippen LogP contribution in [0.3, 0.4) is 0 Å². The molecule has 1 aromatic rings. The van der Waals surface area contributed by atoms with Crippen LogP contribution in [0.25, 0.3) is 6.08 Å². The number of thioether (sulfide) groups is 1. The maximum Gasteiger partial charge on any atom is 0.416 e. The van der Waals surface area contributed by atoms with Gasteiger partial charge in [-0.3, -0.25) is 14.5 Å². The summed E-state index contributed by atoms with van der Waals surface area (Å²) >= 11 is 0.707. The van der Waals surface area contributed by atoms with Crippen molar-refractivity contribution in [3.05, 3.63) is 40.3 Å². The van der Waals surface area contributed by atoms with E-state index >= 15 is 0 Å². The maximum absolute atomic E-state index is 12.4. The summed E-state index contributed by atoms with van der Waals surface area (Å²) in [6.45, 7) is -0.130. The number of imide groups is 1. The fourth-order valence-electron chi connectivity index (χ4n) is 1.65. The van der Waals surface area contributed by atoms with Crippen LogP contribution in [0.4, 0.5) is 18.0 Å². The van der Waals surface area contributed by atoms with E-state index in [1.807, 2.05) is 0 Å². The minimum absolute atomic E-state index is 0.130. The van der Waals surface area contributed by atoms with Gasteiger partial charge in [0.2, 0.25) is 0 Å². The number of amides is 2. The number of rotatable bonds is 2. The van der Waals surface area contributed by atoms with Crippen molar-refractivity contribution >= 4 is 29.0 Å². The van der Waals surface area contributed by atoms with Crippen LogP contribution in [-0.2, 0) is 11.0 Å². The number of halogens is 3. The minimum atomic E-state index is -4.41. The van der Waals surface area contributed by atoms with Gasteiger partial charge in [-0.05, 0) is 35.5 Å². The number of carbonyl (C=O) groups excluding carboxylic acids is 2. The molecular formula is C14H8F3NO2S. The van der Waals surface area contributed by atoms with E-state index in [4.69, 9.17) is 6.42 Å². The van der Waals surface area contributed by atoms with Crippen LogP contribution in [0, 0.1) is 12.3 Å². The molecule has 1 aliphatic heterocycles. The average Bonchev–Trinajstić information content (AvgIpc) is 2.66. The Morgan fingerprint density at radius 1 is 1.24 bits per heavy atom. The van der Waals surface area contributed by atoms with Crippen LogP contribution < -0.4 is 0 Å². The molecule has 0 N–H and O–H groups in total. The van der Waals surface area contributed by atoms with E-state index in [0.717, 1.165) is 17.0 Å². The first kappa shape index (κ1) is 15.2. The number of nitrogens with zero attached hydrogens (tertiary/aromatic N) is 1. The molecule has 1 heterocycles. The highest BCUT2D eigenvalue weighted by Crippen LogP contribution is 2.33. The first-order chi connectivity index (χ1) is 9.82. The van der Waals surface area contributed by atoms with E-state index in [0.29, 0.717) is 17.3 Å². The van der Waals surface area contributed by atoms with E-state index in [9.17, 15) is 22.8 Å². The normalized spacial score (nSPS) is 17.4. The number of terminal acetylenes is 1. The SMILES string of the molecule is C#CCN1C(=O)S/C(=C/c2ccc(C(F)(F)F)cc2)C1=O. The van der Waals surface area contributed by atoms with Crippen molar-refractivity contribution in [2.24, 2.45) is 0 Å². The Bertz CT molecular complexity index is 656. The van der Waals surface area contributed by atoms with Gasteiger partial charge in [-0.1, -0.05) is 18.1 Å². The Labute approximate surface area is 122 Å². The molecule has 1 saturated heterocycles. The summed E-state index contributed by atoms with van der Waals surface area (Å²) in [5.74, 6) is 1.66. The van der Waals surface area contributed by atoms with Crippen molar-refractivity contribution in [2.75, 3.05) is 6.54 Å². The van der Waals surface area contributed by atoms with E-state index in [-0.39, 0.29) is 11.4 Å². The summed E-state index contributed by atoms with van der Waals surface area (Å²) in [4.78, 5) is 24.5. The van der Waals surface area contributed by atoms with Gasteiger partial charge in [0, 0.05) is 0 Å². The van der Waals surface area contributed by atoms with Gasteiger partial charge < -0.3 is 0 Å². The zero-order valence-corrected chi connectivity index (χ0v) is 11.3. The summed E-state index contributed by atoms with van der Waals surface area (Å²) in [6, 6.07) is 4.30. The van der Waals surface area contributed by atoms with E-state index in [1.165, 1.54) is 18.2 Å². The molecule has 2 rings (SSSR count). The molecule has 1 aliphatic rings. The number of carbonyl (C=O) groups is 2. The second-order valence-electron chi connectivity index (χ2n) is 4.09. The van der Waals surface area contributed by atoms with E-state index < -0.39 is 22.9 Å². The standard InChI is InChI=1S/C14H8F3NO2S/c1-2-7-18-12(19)11(21-13(18)20)8-9-3-5-10(6-4-9)14(15,16)17/h1,3-6,8H,7H2/b11-8+. The molecule has 0 aromatic heterocycles. The van der Waals surface area contributed by atoms with Crippen LogP contribution in [0.5, 0.6) is 0 Å². The van der Waals surface area contributed by atoms with Gasteiger partial charge in [0.15, 0.2) is 0 Å². The Hall–Kier alpha value is -2.20. The Balaban J connectivity index is 2.23. The highest BCUT2D eigenvalue weighted by molar-refractivity contribution is 8.18. The summed E-state index contributed by atoms with van der Waals surface area (Å²) < 4.78 is 37.3. The fraction of sp³-hybridized carbons (Fsp3) is 0.143. The highest BCUT2D eigenvalue weighted by atomic mass is 32.2. The summed E-state index contributed by atoms with van der Waals surface area (Å²) in [5, 5.41) is -0.490. The van der Waals surface area contributed by atoms with Gasteiger partial charge in [-0.2, -0.15) is 13.2 Å². The molecule has 21 heavy (non-hydrogen) atoms. The second kappa shape index (κ2) is 5.66. The topological polar surface area (TPSA) is 37.4 Å². The Morgan fingerprint density at radius 2 is 1.86 bits per heavy atom. The van der Waals surface area contributed by atoms with Gasteiger partial charge in [-0.25, -0.2) is 0 Å². The molecule has 0 aliphatic carbocycles. The molecule has 1 aromatic carbocycles. The van der Waals surface area contributed by atoms with Gasteiger partial charge in [0.25, 0.3) is 11.1 Å². The predicted octanol–water partition coefficient (Wildman–Crippen LogP) is 3.37. The number of hydrogen-bond acceptors (Lipinski definition) is 3. The summed E-state index contributed by atoms with van der Waals surface area (Å²) in [5.41, 5.74) is -0.380. The van der Waals surface area contributed by atoms with Crippen molar-refractivity contribution in [3.63, 3.8) is 0 Å². The van der Waals surface area contributed by atoms with Crippen LogP contribution in [0.1, 0.15) is 11.1 Å². The number of hydrogen-bond donors (Lipinski definition) is 0. The van der Waals surface area contributed by atoms with Crippen molar-refractivity contribution < 1.29 is 22.8 Å². The third-order valence-electron chi connectivity index (χ3n) is 2.66. The van der Waals surface area contributed by atoms with Gasteiger partial charge in [0.1, 0.15) is 0 Å². The van der Waals surface area contributed by atoms with Crippen LogP contribution in [0.15, 0.2) is 29.2 Å². The molecule has 0 atom stereocenters. The predicted molar refractivity (Wildman–Crippen MR) is 73.0 cm³/mol.